The smallest absolute Gasteiger partial charge is 0.325 e. The zero-order valence-corrected chi connectivity index (χ0v) is 20.6. The van der Waals surface area contributed by atoms with Crippen LogP contribution in [0.5, 0.6) is 0 Å². The first-order valence-corrected chi connectivity index (χ1v) is 11.7. The van der Waals surface area contributed by atoms with Crippen LogP contribution in [0.15, 0.2) is 48.7 Å². The van der Waals surface area contributed by atoms with Crippen LogP contribution in [0.4, 0.5) is 27.3 Å². The van der Waals surface area contributed by atoms with Crippen molar-refractivity contribution in [1.82, 2.24) is 10.2 Å². The van der Waals surface area contributed by atoms with E-state index < -0.39 is 0 Å². The second-order valence-corrected chi connectivity index (χ2v) is 7.15. The van der Waals surface area contributed by atoms with Crippen LogP contribution >= 0.6 is 0 Å². The number of carbonyl (C=O) groups is 1. The topological polar surface area (TPSA) is 112 Å². The number of carbonyl (C=O) groups excluding carboxylic acids is 1. The molecule has 0 saturated heterocycles. The van der Waals surface area contributed by atoms with Gasteiger partial charge in [-0.15, -0.1) is 5.10 Å². The third-order valence-corrected chi connectivity index (χ3v) is 4.88. The van der Waals surface area contributed by atoms with E-state index in [9.17, 15) is 9.18 Å². The molecule has 0 spiro atoms. The number of aromatic nitrogens is 2. The summed E-state index contributed by atoms with van der Waals surface area (Å²) in [5.74, 6) is -0.0708. The van der Waals surface area contributed by atoms with Crippen LogP contribution in [0.25, 0.3) is 0 Å². The highest BCUT2D eigenvalue weighted by molar-refractivity contribution is 5.88. The molecule has 0 amide bonds. The Morgan fingerprint density at radius 3 is 2.60 bits per heavy atom. The minimum Gasteiger partial charge on any atom is -0.465 e. The van der Waals surface area contributed by atoms with Gasteiger partial charge in [-0.25, -0.2) is 4.39 Å². The maximum atomic E-state index is 13.4. The summed E-state index contributed by atoms with van der Waals surface area (Å²) in [6, 6.07) is 11.9. The molecule has 0 aliphatic heterocycles. The van der Waals surface area contributed by atoms with Crippen molar-refractivity contribution in [3.8, 4) is 0 Å². The van der Waals surface area contributed by atoms with Crippen molar-refractivity contribution in [3.63, 3.8) is 0 Å². The van der Waals surface area contributed by atoms with Crippen LogP contribution < -0.4 is 16.0 Å². The van der Waals surface area contributed by atoms with Crippen LogP contribution in [0.2, 0.25) is 0 Å². The summed E-state index contributed by atoms with van der Waals surface area (Å²) in [4.78, 5) is 11.7. The lowest BCUT2D eigenvalue weighted by molar-refractivity contribution is -0.140. The lowest BCUT2D eigenvalue weighted by atomic mass is 10.1. The van der Waals surface area contributed by atoms with Gasteiger partial charge >= 0.3 is 5.97 Å². The van der Waals surface area contributed by atoms with E-state index in [4.69, 9.17) is 10.1 Å². The number of benzene rings is 2. The summed E-state index contributed by atoms with van der Waals surface area (Å²) in [5, 5.41) is 25.6. The Labute approximate surface area is 205 Å². The predicted octanol–water partition coefficient (Wildman–Crippen LogP) is 5.53. The number of hydrogen-bond acceptors (Lipinski definition) is 8. The summed E-state index contributed by atoms with van der Waals surface area (Å²) >= 11 is 0. The molecular weight excluding hydrogens is 447 g/mol. The number of halogens is 1. The fourth-order valence-electron chi connectivity index (χ4n) is 3.30. The molecule has 9 heteroatoms. The Balaban J connectivity index is 0.00000210. The number of ether oxygens (including phenoxy) is 1. The van der Waals surface area contributed by atoms with E-state index in [0.717, 1.165) is 22.5 Å². The number of nitrogens with one attached hydrogen (secondary N) is 4. The van der Waals surface area contributed by atoms with E-state index in [2.05, 4.69) is 26.1 Å². The quantitative estimate of drug-likeness (QED) is 0.211. The first kappa shape index (κ1) is 27.2. The summed E-state index contributed by atoms with van der Waals surface area (Å²) in [6.45, 7) is 8.54. The summed E-state index contributed by atoms with van der Waals surface area (Å²) in [6.07, 6.45) is 3.49. The van der Waals surface area contributed by atoms with E-state index in [1.165, 1.54) is 18.3 Å². The van der Waals surface area contributed by atoms with Gasteiger partial charge < -0.3 is 26.1 Å². The number of hydrogen-bond donors (Lipinski definition) is 4. The molecule has 0 aliphatic rings. The monoisotopic (exact) mass is 480 g/mol. The Hall–Kier alpha value is -4.01. The van der Waals surface area contributed by atoms with Crippen LogP contribution in [0, 0.1) is 11.2 Å². The van der Waals surface area contributed by atoms with Crippen LogP contribution in [-0.4, -0.2) is 35.5 Å². The summed E-state index contributed by atoms with van der Waals surface area (Å²) < 4.78 is 18.4. The third-order valence-electron chi connectivity index (χ3n) is 4.88. The second kappa shape index (κ2) is 14.3. The van der Waals surface area contributed by atoms with Gasteiger partial charge in [0.2, 0.25) is 0 Å². The van der Waals surface area contributed by atoms with Crippen molar-refractivity contribution in [1.29, 1.82) is 5.41 Å². The van der Waals surface area contributed by atoms with Gasteiger partial charge in [0.05, 0.1) is 18.5 Å². The zero-order valence-electron chi connectivity index (χ0n) is 20.6. The molecular formula is C26H33FN6O2. The molecule has 1 aromatic heterocycles. The summed E-state index contributed by atoms with van der Waals surface area (Å²) in [5.41, 5.74) is 4.53. The largest absolute Gasteiger partial charge is 0.465 e. The highest BCUT2D eigenvalue weighted by atomic mass is 19.1. The molecule has 8 nitrogen and oxygen atoms in total. The van der Waals surface area contributed by atoms with E-state index in [1.54, 1.807) is 19.2 Å². The highest BCUT2D eigenvalue weighted by Crippen LogP contribution is 2.27. The van der Waals surface area contributed by atoms with Crippen LogP contribution in [-0.2, 0) is 22.5 Å². The third kappa shape index (κ3) is 8.06. The van der Waals surface area contributed by atoms with Crippen molar-refractivity contribution in [2.24, 2.45) is 0 Å². The van der Waals surface area contributed by atoms with Crippen molar-refractivity contribution < 1.29 is 13.9 Å². The molecule has 0 unspecified atom stereocenters. The molecule has 35 heavy (non-hydrogen) atoms. The van der Waals surface area contributed by atoms with Gasteiger partial charge in [-0.1, -0.05) is 32.9 Å². The van der Waals surface area contributed by atoms with Gasteiger partial charge in [-0.2, -0.15) is 5.10 Å². The van der Waals surface area contributed by atoms with Gasteiger partial charge in [-0.05, 0) is 49.2 Å². The number of anilines is 4. The molecule has 2 aromatic carbocycles. The first-order valence-electron chi connectivity index (χ1n) is 11.7. The van der Waals surface area contributed by atoms with E-state index in [0.29, 0.717) is 36.6 Å². The fourth-order valence-corrected chi connectivity index (χ4v) is 3.30. The Morgan fingerprint density at radius 2 is 1.91 bits per heavy atom. The van der Waals surface area contributed by atoms with E-state index in [1.807, 2.05) is 45.0 Å². The van der Waals surface area contributed by atoms with Gasteiger partial charge in [0, 0.05) is 35.3 Å². The normalized spacial score (nSPS) is 9.97. The number of rotatable bonds is 11. The Bertz CT molecular complexity index is 1120. The molecule has 3 aromatic rings. The van der Waals surface area contributed by atoms with Gasteiger partial charge in [0.25, 0.3) is 0 Å². The maximum absolute atomic E-state index is 13.4. The predicted molar refractivity (Wildman–Crippen MR) is 139 cm³/mol. The van der Waals surface area contributed by atoms with Crippen molar-refractivity contribution in [2.75, 3.05) is 29.1 Å². The van der Waals surface area contributed by atoms with Gasteiger partial charge in [-0.3, -0.25) is 4.79 Å². The second-order valence-electron chi connectivity index (χ2n) is 7.15. The average Bonchev–Trinajstić information content (AvgIpc) is 2.88. The SMILES string of the molecule is CC.CCOC(=O)CNc1cnnc(Nc2ccc(NCc3cccc(F)c3)c(C=N)c2)c1CC. The first-order chi connectivity index (χ1) is 17.0. The van der Waals surface area contributed by atoms with Gasteiger partial charge in [0.15, 0.2) is 5.82 Å². The molecule has 0 fully saturated rings. The molecule has 186 valence electrons. The Morgan fingerprint density at radius 1 is 1.11 bits per heavy atom. The molecule has 0 saturated carbocycles. The number of nitrogens with zero attached hydrogens (tertiary/aromatic N) is 2. The maximum Gasteiger partial charge on any atom is 0.325 e. The number of esters is 1. The fraction of sp³-hybridized carbons (Fsp3) is 0.308. The molecule has 0 radical (unpaired) electrons. The van der Waals surface area contributed by atoms with Crippen LogP contribution in [0.1, 0.15) is 44.4 Å². The Kier molecular flexibility index (Phi) is 11.1. The molecule has 0 aliphatic carbocycles. The molecule has 4 N–H and O–H groups in total. The molecule has 0 atom stereocenters. The zero-order chi connectivity index (χ0) is 25.6. The van der Waals surface area contributed by atoms with E-state index >= 15 is 0 Å². The summed E-state index contributed by atoms with van der Waals surface area (Å²) in [7, 11) is 0. The average molecular weight is 481 g/mol. The van der Waals surface area contributed by atoms with Crippen molar-refractivity contribution >= 4 is 35.1 Å². The van der Waals surface area contributed by atoms with Crippen molar-refractivity contribution in [3.05, 3.63) is 71.2 Å². The van der Waals surface area contributed by atoms with E-state index in [-0.39, 0.29) is 18.3 Å². The molecule has 3 rings (SSSR count). The minimum absolute atomic E-state index is 0.0373. The standard InChI is InChI=1S/C24H27FN6O2.C2H6/c1-3-20-22(28-15-23(32)33-4-2)14-29-31-24(20)30-19-8-9-21(17(11-19)12-26)27-13-16-6-5-7-18(25)10-16;1-2/h5-12,14,26-27H,3-4,13,15H2,1-2H3,(H2,28,30,31);1-2H3. The van der Waals surface area contributed by atoms with Gasteiger partial charge in [0.1, 0.15) is 12.4 Å². The lowest BCUT2D eigenvalue weighted by Gasteiger charge is -2.16. The van der Waals surface area contributed by atoms with Crippen LogP contribution in [0.3, 0.4) is 0 Å². The minimum atomic E-state index is -0.345. The molecule has 0 bridgehead atoms. The van der Waals surface area contributed by atoms with Crippen molar-refractivity contribution in [2.45, 2.75) is 40.7 Å². The lowest BCUT2D eigenvalue weighted by Crippen LogP contribution is -2.18. The highest BCUT2D eigenvalue weighted by Gasteiger charge is 2.12. The molecule has 1 heterocycles.